The third kappa shape index (κ3) is 0.737. The summed E-state index contributed by atoms with van der Waals surface area (Å²) in [5.74, 6) is -0.829. The lowest BCUT2D eigenvalue weighted by Crippen LogP contribution is -2.58. The first-order valence-electron chi connectivity index (χ1n) is 3.59. The molecule has 0 amide bonds. The van der Waals surface area contributed by atoms with E-state index < -0.39 is 16.8 Å². The molecule has 3 nitrogen and oxygen atoms in total. The van der Waals surface area contributed by atoms with Gasteiger partial charge in [-0.3, -0.25) is 9.59 Å². The monoisotopic (exact) mass is 156 g/mol. The molecule has 1 N–H and O–H groups in total. The van der Waals surface area contributed by atoms with Crippen molar-refractivity contribution in [2.75, 3.05) is 0 Å². The molecule has 1 aliphatic rings. The van der Waals surface area contributed by atoms with E-state index in [1.807, 2.05) is 0 Å². The van der Waals surface area contributed by atoms with E-state index in [9.17, 15) is 9.59 Å². The third-order valence-corrected chi connectivity index (χ3v) is 3.06. The lowest BCUT2D eigenvalue weighted by Gasteiger charge is -2.48. The Kier molecular flexibility index (Phi) is 1.38. The topological polar surface area (TPSA) is 54.4 Å². The molecule has 3 heteroatoms. The summed E-state index contributed by atoms with van der Waals surface area (Å²) in [6.45, 7) is 5.00. The van der Waals surface area contributed by atoms with Crippen molar-refractivity contribution in [2.45, 2.75) is 27.2 Å². The highest BCUT2D eigenvalue weighted by molar-refractivity contribution is 6.01. The summed E-state index contributed by atoms with van der Waals surface area (Å²) >= 11 is 0. The second-order valence-electron chi connectivity index (χ2n) is 3.86. The van der Waals surface area contributed by atoms with Gasteiger partial charge in [-0.1, -0.05) is 13.8 Å². The van der Waals surface area contributed by atoms with E-state index in [0.717, 1.165) is 0 Å². The highest BCUT2D eigenvalue weighted by Crippen LogP contribution is 2.53. The Bertz CT molecular complexity index is 229. The Morgan fingerprint density at radius 3 is 2.00 bits per heavy atom. The molecule has 1 fully saturated rings. The summed E-state index contributed by atoms with van der Waals surface area (Å²) in [7, 11) is 0. The summed E-state index contributed by atoms with van der Waals surface area (Å²) in [4.78, 5) is 21.7. The van der Waals surface area contributed by atoms with Crippen molar-refractivity contribution in [3.8, 4) is 0 Å². The number of carboxylic acids is 1. The summed E-state index contributed by atoms with van der Waals surface area (Å²) in [5, 5.41) is 8.79. The highest BCUT2D eigenvalue weighted by Gasteiger charge is 2.61. The van der Waals surface area contributed by atoms with E-state index >= 15 is 0 Å². The van der Waals surface area contributed by atoms with E-state index in [-0.39, 0.29) is 12.2 Å². The Morgan fingerprint density at radius 1 is 1.45 bits per heavy atom. The first-order valence-corrected chi connectivity index (χ1v) is 3.59. The maximum Gasteiger partial charge on any atom is 0.310 e. The van der Waals surface area contributed by atoms with Crippen LogP contribution in [0.25, 0.3) is 0 Å². The largest absolute Gasteiger partial charge is 0.481 e. The van der Waals surface area contributed by atoms with Gasteiger partial charge in [0.1, 0.15) is 5.78 Å². The zero-order valence-electron chi connectivity index (χ0n) is 6.97. The normalized spacial score (nSPS) is 34.6. The molecule has 0 spiro atoms. The SMILES string of the molecule is CC1(C)C(=O)CC1(C)C(=O)O. The average molecular weight is 156 g/mol. The van der Waals surface area contributed by atoms with Crippen LogP contribution in [0.1, 0.15) is 27.2 Å². The Balaban J connectivity index is 2.96. The number of rotatable bonds is 1. The molecule has 0 bridgehead atoms. The van der Waals surface area contributed by atoms with E-state index in [0.29, 0.717) is 0 Å². The molecule has 0 aromatic carbocycles. The zero-order valence-corrected chi connectivity index (χ0v) is 6.97. The molecule has 1 aliphatic carbocycles. The Labute approximate surface area is 65.4 Å². The van der Waals surface area contributed by atoms with Gasteiger partial charge in [0.05, 0.1) is 5.41 Å². The molecule has 0 aliphatic heterocycles. The fourth-order valence-corrected chi connectivity index (χ4v) is 1.31. The van der Waals surface area contributed by atoms with Gasteiger partial charge in [0.15, 0.2) is 0 Å². The minimum atomic E-state index is -0.873. The van der Waals surface area contributed by atoms with Crippen LogP contribution in [0, 0.1) is 10.8 Å². The summed E-state index contributed by atoms with van der Waals surface area (Å²) in [5.41, 5.74) is -1.52. The zero-order chi connectivity index (χ0) is 8.86. The number of hydrogen-bond acceptors (Lipinski definition) is 2. The molecule has 1 atom stereocenters. The molecule has 0 heterocycles. The Hall–Kier alpha value is -0.860. The van der Waals surface area contributed by atoms with Crippen LogP contribution in [-0.4, -0.2) is 16.9 Å². The average Bonchev–Trinajstić information content (AvgIpc) is 1.87. The lowest BCUT2D eigenvalue weighted by molar-refractivity contribution is -0.176. The van der Waals surface area contributed by atoms with Gasteiger partial charge < -0.3 is 5.11 Å². The van der Waals surface area contributed by atoms with Crippen molar-refractivity contribution >= 4 is 11.8 Å². The first-order chi connectivity index (χ1) is 4.82. The van der Waals surface area contributed by atoms with Crippen molar-refractivity contribution in [3.63, 3.8) is 0 Å². The number of carboxylic acid groups (broad SMARTS) is 1. The molecule has 62 valence electrons. The van der Waals surface area contributed by atoms with Crippen LogP contribution in [-0.2, 0) is 9.59 Å². The highest BCUT2D eigenvalue weighted by atomic mass is 16.4. The number of Topliss-reactive ketones (excluding diaryl/α,β-unsaturated/α-hetero) is 1. The number of hydrogen-bond donors (Lipinski definition) is 1. The quantitative estimate of drug-likeness (QED) is 0.618. The van der Waals surface area contributed by atoms with E-state index in [2.05, 4.69) is 0 Å². The molecule has 11 heavy (non-hydrogen) atoms. The molecular weight excluding hydrogens is 144 g/mol. The molecular formula is C8H12O3. The molecule has 0 aromatic rings. The summed E-state index contributed by atoms with van der Waals surface area (Å²) < 4.78 is 0. The summed E-state index contributed by atoms with van der Waals surface area (Å²) in [6, 6.07) is 0. The molecule has 0 aromatic heterocycles. The maximum atomic E-state index is 11.0. The number of aliphatic carboxylic acids is 1. The van der Waals surface area contributed by atoms with Crippen LogP contribution in [0.5, 0.6) is 0 Å². The fraction of sp³-hybridized carbons (Fsp3) is 0.750. The minimum Gasteiger partial charge on any atom is -0.481 e. The van der Waals surface area contributed by atoms with Gasteiger partial charge in [-0.25, -0.2) is 0 Å². The van der Waals surface area contributed by atoms with Crippen molar-refractivity contribution in [3.05, 3.63) is 0 Å². The van der Waals surface area contributed by atoms with Gasteiger partial charge in [0, 0.05) is 11.8 Å². The Morgan fingerprint density at radius 2 is 1.91 bits per heavy atom. The van der Waals surface area contributed by atoms with Crippen LogP contribution in [0.15, 0.2) is 0 Å². The first kappa shape index (κ1) is 8.24. The molecule has 1 saturated carbocycles. The fourth-order valence-electron chi connectivity index (χ4n) is 1.31. The second kappa shape index (κ2) is 1.84. The van der Waals surface area contributed by atoms with E-state index in [4.69, 9.17) is 5.11 Å². The molecule has 1 unspecified atom stereocenters. The van der Waals surface area contributed by atoms with E-state index in [1.54, 1.807) is 20.8 Å². The maximum absolute atomic E-state index is 11.0. The van der Waals surface area contributed by atoms with Crippen LogP contribution >= 0.6 is 0 Å². The second-order valence-corrected chi connectivity index (χ2v) is 3.86. The standard InChI is InChI=1S/C8H12O3/c1-7(2)5(9)4-8(7,3)6(10)11/h4H2,1-3H3,(H,10,11). The van der Waals surface area contributed by atoms with Crippen molar-refractivity contribution in [2.24, 2.45) is 10.8 Å². The van der Waals surface area contributed by atoms with E-state index in [1.165, 1.54) is 0 Å². The third-order valence-electron chi connectivity index (χ3n) is 3.06. The van der Waals surface area contributed by atoms with Crippen molar-refractivity contribution in [1.82, 2.24) is 0 Å². The van der Waals surface area contributed by atoms with Gasteiger partial charge in [-0.05, 0) is 6.92 Å². The van der Waals surface area contributed by atoms with Crippen LogP contribution in [0.3, 0.4) is 0 Å². The molecule has 1 rings (SSSR count). The number of carbonyl (C=O) groups is 2. The predicted molar refractivity (Wildman–Crippen MR) is 39.1 cm³/mol. The van der Waals surface area contributed by atoms with Crippen LogP contribution < -0.4 is 0 Å². The lowest BCUT2D eigenvalue weighted by atomic mass is 9.51. The van der Waals surface area contributed by atoms with Gasteiger partial charge in [-0.2, -0.15) is 0 Å². The molecule has 0 radical (unpaired) electrons. The number of ketones is 1. The smallest absolute Gasteiger partial charge is 0.310 e. The van der Waals surface area contributed by atoms with Gasteiger partial charge in [0.2, 0.25) is 0 Å². The van der Waals surface area contributed by atoms with Gasteiger partial charge in [0.25, 0.3) is 0 Å². The van der Waals surface area contributed by atoms with Crippen molar-refractivity contribution in [1.29, 1.82) is 0 Å². The van der Waals surface area contributed by atoms with Crippen LogP contribution in [0.4, 0.5) is 0 Å². The molecule has 0 saturated heterocycles. The van der Waals surface area contributed by atoms with Crippen molar-refractivity contribution < 1.29 is 14.7 Å². The number of carbonyl (C=O) groups excluding carboxylic acids is 1. The predicted octanol–water partition coefficient (Wildman–Crippen LogP) is 1.08. The van der Waals surface area contributed by atoms with Crippen LogP contribution in [0.2, 0.25) is 0 Å². The van der Waals surface area contributed by atoms with Gasteiger partial charge >= 0.3 is 5.97 Å². The minimum absolute atomic E-state index is 0.0439. The summed E-state index contributed by atoms with van der Waals surface area (Å²) in [6.07, 6.45) is 0.176. The van der Waals surface area contributed by atoms with Gasteiger partial charge in [-0.15, -0.1) is 0 Å².